The van der Waals surface area contributed by atoms with Crippen LogP contribution in [0, 0.1) is 0 Å². The number of nitrogens with two attached hydrogens (primary N) is 1. The number of hydrazine groups is 1. The van der Waals surface area contributed by atoms with Crippen molar-refractivity contribution in [1.29, 1.82) is 0 Å². The first kappa shape index (κ1) is 14.5. The van der Waals surface area contributed by atoms with Crippen molar-refractivity contribution in [3.05, 3.63) is 29.6 Å². The summed E-state index contributed by atoms with van der Waals surface area (Å²) in [5.74, 6) is 4.51. The van der Waals surface area contributed by atoms with Gasteiger partial charge < -0.3 is 15.5 Å². The zero-order valence-corrected chi connectivity index (χ0v) is 10.1. The van der Waals surface area contributed by atoms with Crippen LogP contribution in [0.2, 0.25) is 0 Å². The van der Waals surface area contributed by atoms with Gasteiger partial charge in [0.25, 0.3) is 5.91 Å². The highest BCUT2D eigenvalue weighted by Crippen LogP contribution is 2.18. The molecule has 0 aliphatic carbocycles. The van der Waals surface area contributed by atoms with Gasteiger partial charge in [0.05, 0.1) is 11.7 Å². The van der Waals surface area contributed by atoms with E-state index in [-0.39, 0.29) is 5.56 Å². The number of pyridine rings is 1. The molecule has 0 fully saturated rings. The summed E-state index contributed by atoms with van der Waals surface area (Å²) in [5, 5.41) is 22.5. The molecule has 6 N–H and O–H groups in total. The van der Waals surface area contributed by atoms with E-state index in [2.05, 4.69) is 10.3 Å². The van der Waals surface area contributed by atoms with E-state index in [1.807, 2.05) is 5.43 Å². The molecule has 0 spiro atoms. The van der Waals surface area contributed by atoms with Crippen molar-refractivity contribution in [2.24, 2.45) is 5.84 Å². The number of nitrogen functional groups attached to an aromatic ring is 1. The summed E-state index contributed by atoms with van der Waals surface area (Å²) in [6.45, 7) is 0.578. The van der Waals surface area contributed by atoms with Gasteiger partial charge in [-0.25, -0.2) is 5.84 Å². The third-order valence-electron chi connectivity index (χ3n) is 2.55. The van der Waals surface area contributed by atoms with E-state index >= 15 is 0 Å². The van der Waals surface area contributed by atoms with Gasteiger partial charge in [0, 0.05) is 18.0 Å². The number of amides is 1. The Hall–Kier alpha value is -1.54. The van der Waals surface area contributed by atoms with E-state index in [1.54, 1.807) is 7.05 Å². The predicted octanol–water partition coefficient (Wildman–Crippen LogP) is -1.31. The molecule has 1 amide bonds. The summed E-state index contributed by atoms with van der Waals surface area (Å²) < 4.78 is 0. The standard InChI is InChI=1S/C11H18N4O3/c1-13-3-2-9(16)10(17)7-4-8(6-14-5-7)11(18)15-12/h4-6,9-10,13,16-17H,2-3,12H2,1H3,(H,15,18). The van der Waals surface area contributed by atoms with Gasteiger partial charge in [-0.2, -0.15) is 0 Å². The number of rotatable bonds is 6. The number of hydrogen-bond acceptors (Lipinski definition) is 6. The Morgan fingerprint density at radius 2 is 2.22 bits per heavy atom. The minimum atomic E-state index is -1.09. The maximum atomic E-state index is 11.3. The number of nitrogens with one attached hydrogen (secondary N) is 2. The smallest absolute Gasteiger partial charge is 0.266 e. The second kappa shape index (κ2) is 7.02. The largest absolute Gasteiger partial charge is 0.390 e. The Labute approximate surface area is 105 Å². The summed E-state index contributed by atoms with van der Waals surface area (Å²) >= 11 is 0. The van der Waals surface area contributed by atoms with Crippen molar-refractivity contribution in [1.82, 2.24) is 15.7 Å². The van der Waals surface area contributed by atoms with Crippen LogP contribution in [0.4, 0.5) is 0 Å². The van der Waals surface area contributed by atoms with Crippen molar-refractivity contribution in [3.8, 4) is 0 Å². The van der Waals surface area contributed by atoms with Crippen LogP contribution in [0.3, 0.4) is 0 Å². The van der Waals surface area contributed by atoms with E-state index < -0.39 is 18.1 Å². The van der Waals surface area contributed by atoms with Crippen LogP contribution >= 0.6 is 0 Å². The lowest BCUT2D eigenvalue weighted by Gasteiger charge is -2.18. The van der Waals surface area contributed by atoms with Crippen LogP contribution < -0.4 is 16.6 Å². The van der Waals surface area contributed by atoms with Crippen LogP contribution in [0.15, 0.2) is 18.5 Å². The number of carbonyl (C=O) groups excluding carboxylic acids is 1. The highest BCUT2D eigenvalue weighted by atomic mass is 16.3. The molecule has 1 aromatic rings. The van der Waals surface area contributed by atoms with Gasteiger partial charge in [0.2, 0.25) is 0 Å². The van der Waals surface area contributed by atoms with Gasteiger partial charge in [-0.3, -0.25) is 15.2 Å². The van der Waals surface area contributed by atoms with Gasteiger partial charge in [-0.05, 0) is 26.1 Å². The molecule has 0 aliphatic rings. The van der Waals surface area contributed by atoms with E-state index in [1.165, 1.54) is 18.5 Å². The maximum absolute atomic E-state index is 11.3. The molecule has 2 atom stereocenters. The van der Waals surface area contributed by atoms with Gasteiger partial charge in [0.1, 0.15) is 6.10 Å². The monoisotopic (exact) mass is 254 g/mol. The maximum Gasteiger partial charge on any atom is 0.266 e. The molecule has 7 heteroatoms. The Morgan fingerprint density at radius 3 is 2.83 bits per heavy atom. The molecule has 1 heterocycles. The van der Waals surface area contributed by atoms with Crippen LogP contribution in [0.5, 0.6) is 0 Å². The molecule has 0 aromatic carbocycles. The van der Waals surface area contributed by atoms with Crippen molar-refractivity contribution in [3.63, 3.8) is 0 Å². The zero-order chi connectivity index (χ0) is 13.5. The van der Waals surface area contributed by atoms with Gasteiger partial charge >= 0.3 is 0 Å². The Morgan fingerprint density at radius 1 is 1.50 bits per heavy atom. The summed E-state index contributed by atoms with van der Waals surface area (Å²) in [4.78, 5) is 15.1. The molecule has 0 aliphatic heterocycles. The topological polar surface area (TPSA) is 120 Å². The summed E-state index contributed by atoms with van der Waals surface area (Å²) in [7, 11) is 1.76. The van der Waals surface area contributed by atoms with Gasteiger partial charge in [-0.15, -0.1) is 0 Å². The van der Waals surface area contributed by atoms with Crippen LogP contribution in [-0.4, -0.2) is 40.8 Å². The lowest BCUT2D eigenvalue weighted by Crippen LogP contribution is -2.30. The molecule has 100 valence electrons. The number of aromatic nitrogens is 1. The fourth-order valence-corrected chi connectivity index (χ4v) is 1.50. The number of aliphatic hydroxyl groups is 2. The minimum absolute atomic E-state index is 0.231. The molecule has 1 aromatic heterocycles. The first-order chi connectivity index (χ1) is 8.60. The fraction of sp³-hybridized carbons (Fsp3) is 0.455. The molecule has 0 radical (unpaired) electrons. The molecule has 1 rings (SSSR count). The van der Waals surface area contributed by atoms with Gasteiger partial charge in [-0.1, -0.05) is 0 Å². The van der Waals surface area contributed by atoms with Crippen molar-refractivity contribution in [2.45, 2.75) is 18.6 Å². The fourth-order valence-electron chi connectivity index (χ4n) is 1.50. The summed E-state index contributed by atoms with van der Waals surface area (Å²) in [5.41, 5.74) is 2.58. The Balaban J connectivity index is 2.79. The lowest BCUT2D eigenvalue weighted by molar-refractivity contribution is 0.0138. The highest BCUT2D eigenvalue weighted by Gasteiger charge is 2.19. The number of aliphatic hydroxyl groups excluding tert-OH is 2. The van der Waals surface area contributed by atoms with E-state index in [0.29, 0.717) is 18.5 Å². The first-order valence-corrected chi connectivity index (χ1v) is 5.56. The first-order valence-electron chi connectivity index (χ1n) is 5.56. The van der Waals surface area contributed by atoms with Crippen molar-refractivity contribution >= 4 is 5.91 Å². The normalized spacial score (nSPS) is 14.0. The molecule has 2 unspecified atom stereocenters. The van der Waals surface area contributed by atoms with E-state index in [9.17, 15) is 15.0 Å². The third-order valence-corrected chi connectivity index (χ3v) is 2.55. The predicted molar refractivity (Wildman–Crippen MR) is 65.4 cm³/mol. The molecule has 0 bridgehead atoms. The summed E-state index contributed by atoms with van der Waals surface area (Å²) in [6.07, 6.45) is 1.12. The average Bonchev–Trinajstić information content (AvgIpc) is 2.43. The van der Waals surface area contributed by atoms with Crippen LogP contribution in [0.1, 0.15) is 28.4 Å². The highest BCUT2D eigenvalue weighted by molar-refractivity contribution is 5.93. The second-order valence-electron chi connectivity index (χ2n) is 3.88. The molecule has 0 saturated carbocycles. The van der Waals surface area contributed by atoms with E-state index in [0.717, 1.165) is 0 Å². The number of nitrogens with zero attached hydrogens (tertiary/aromatic N) is 1. The van der Waals surface area contributed by atoms with Crippen molar-refractivity contribution < 1.29 is 15.0 Å². The van der Waals surface area contributed by atoms with Crippen LogP contribution in [-0.2, 0) is 0 Å². The molecular weight excluding hydrogens is 236 g/mol. The number of hydrogen-bond donors (Lipinski definition) is 5. The quantitative estimate of drug-likeness (QED) is 0.244. The number of carbonyl (C=O) groups is 1. The van der Waals surface area contributed by atoms with Gasteiger partial charge in [0.15, 0.2) is 0 Å². The third kappa shape index (κ3) is 3.74. The average molecular weight is 254 g/mol. The van der Waals surface area contributed by atoms with Crippen LogP contribution in [0.25, 0.3) is 0 Å². The zero-order valence-electron chi connectivity index (χ0n) is 10.1. The molecule has 18 heavy (non-hydrogen) atoms. The summed E-state index contributed by atoms with van der Waals surface area (Å²) in [6, 6.07) is 1.45. The Bertz CT molecular complexity index is 400. The SMILES string of the molecule is CNCCC(O)C(O)c1cncc(C(=O)NN)c1. The lowest BCUT2D eigenvalue weighted by atomic mass is 10.0. The van der Waals surface area contributed by atoms with E-state index in [4.69, 9.17) is 5.84 Å². The molecule has 7 nitrogen and oxygen atoms in total. The second-order valence-corrected chi connectivity index (χ2v) is 3.88. The molecular formula is C11H18N4O3. The Kier molecular flexibility index (Phi) is 5.66. The molecule has 0 saturated heterocycles. The minimum Gasteiger partial charge on any atom is -0.390 e. The van der Waals surface area contributed by atoms with Crippen molar-refractivity contribution in [2.75, 3.05) is 13.6 Å².